The molecule has 122 valence electrons. The molecule has 0 bridgehead atoms. The Morgan fingerprint density at radius 2 is 2.36 bits per heavy atom. The first-order valence-electron chi connectivity index (χ1n) is 7.16. The SMILES string of the molecule is CN(CCO)CC1COCCN1C(=O)c1ccc(F)cc1Cl. The van der Waals surface area contributed by atoms with E-state index in [1.807, 2.05) is 11.9 Å². The van der Waals surface area contributed by atoms with Crippen molar-refractivity contribution < 1.29 is 19.0 Å². The number of benzene rings is 1. The molecule has 1 saturated heterocycles. The number of nitrogens with zero attached hydrogens (tertiary/aromatic N) is 2. The number of aliphatic hydroxyl groups is 1. The normalized spacial score (nSPS) is 18.8. The van der Waals surface area contributed by atoms with Gasteiger partial charge in [-0.1, -0.05) is 11.6 Å². The van der Waals surface area contributed by atoms with E-state index in [1.54, 1.807) is 4.90 Å². The molecule has 0 aromatic heterocycles. The quantitative estimate of drug-likeness (QED) is 0.882. The van der Waals surface area contributed by atoms with Gasteiger partial charge in [0.05, 0.1) is 36.4 Å². The van der Waals surface area contributed by atoms with Crippen LogP contribution in [0.4, 0.5) is 4.39 Å². The number of carbonyl (C=O) groups is 1. The molecule has 1 heterocycles. The molecule has 0 radical (unpaired) electrons. The van der Waals surface area contributed by atoms with Crippen molar-refractivity contribution >= 4 is 17.5 Å². The van der Waals surface area contributed by atoms with Crippen molar-refractivity contribution in [3.63, 3.8) is 0 Å². The maximum absolute atomic E-state index is 13.1. The van der Waals surface area contributed by atoms with Crippen LogP contribution in [-0.4, -0.2) is 73.4 Å². The molecule has 1 amide bonds. The van der Waals surface area contributed by atoms with Gasteiger partial charge in [0.15, 0.2) is 0 Å². The van der Waals surface area contributed by atoms with Crippen molar-refractivity contribution in [2.24, 2.45) is 0 Å². The van der Waals surface area contributed by atoms with E-state index >= 15 is 0 Å². The van der Waals surface area contributed by atoms with Gasteiger partial charge in [-0.25, -0.2) is 4.39 Å². The van der Waals surface area contributed by atoms with Gasteiger partial charge in [0.25, 0.3) is 5.91 Å². The summed E-state index contributed by atoms with van der Waals surface area (Å²) in [6.07, 6.45) is 0. The maximum atomic E-state index is 13.1. The van der Waals surface area contributed by atoms with Gasteiger partial charge in [-0.15, -0.1) is 0 Å². The van der Waals surface area contributed by atoms with Crippen molar-refractivity contribution in [3.8, 4) is 0 Å². The Morgan fingerprint density at radius 1 is 1.59 bits per heavy atom. The van der Waals surface area contributed by atoms with E-state index in [0.29, 0.717) is 38.4 Å². The van der Waals surface area contributed by atoms with E-state index < -0.39 is 5.82 Å². The number of carbonyl (C=O) groups excluding carboxylic acids is 1. The Labute approximate surface area is 134 Å². The second kappa shape index (κ2) is 7.87. The first kappa shape index (κ1) is 17.1. The highest BCUT2D eigenvalue weighted by Gasteiger charge is 2.29. The van der Waals surface area contributed by atoms with Gasteiger partial charge in [-0.2, -0.15) is 0 Å². The van der Waals surface area contributed by atoms with Crippen LogP contribution in [-0.2, 0) is 4.74 Å². The lowest BCUT2D eigenvalue weighted by Crippen LogP contribution is -2.53. The molecule has 1 aliphatic heterocycles. The van der Waals surface area contributed by atoms with Crippen molar-refractivity contribution in [1.82, 2.24) is 9.80 Å². The number of hydrogen-bond donors (Lipinski definition) is 1. The molecule has 1 fully saturated rings. The van der Waals surface area contributed by atoms with E-state index in [2.05, 4.69) is 0 Å². The van der Waals surface area contributed by atoms with Crippen LogP contribution in [0.3, 0.4) is 0 Å². The average molecular weight is 331 g/mol. The standard InChI is InChI=1S/C15H20ClFN2O3/c1-18(4-6-20)9-12-10-22-7-5-19(12)15(21)13-3-2-11(17)8-14(13)16/h2-3,8,12,20H,4-7,9-10H2,1H3. The van der Waals surface area contributed by atoms with Gasteiger partial charge in [-0.3, -0.25) is 4.79 Å². The Kier molecular flexibility index (Phi) is 6.14. The van der Waals surface area contributed by atoms with Gasteiger partial charge in [-0.05, 0) is 25.2 Å². The highest BCUT2D eigenvalue weighted by Crippen LogP contribution is 2.21. The third-order valence-electron chi connectivity index (χ3n) is 3.65. The number of ether oxygens (including phenoxy) is 1. The average Bonchev–Trinajstić information content (AvgIpc) is 2.47. The van der Waals surface area contributed by atoms with Crippen LogP contribution in [0.5, 0.6) is 0 Å². The molecule has 2 rings (SSSR count). The van der Waals surface area contributed by atoms with E-state index in [0.717, 1.165) is 6.07 Å². The molecule has 0 spiro atoms. The van der Waals surface area contributed by atoms with Gasteiger partial charge >= 0.3 is 0 Å². The largest absolute Gasteiger partial charge is 0.395 e. The van der Waals surface area contributed by atoms with Crippen molar-refractivity contribution in [2.45, 2.75) is 6.04 Å². The third-order valence-corrected chi connectivity index (χ3v) is 3.97. The van der Waals surface area contributed by atoms with Crippen LogP contribution in [0.15, 0.2) is 18.2 Å². The van der Waals surface area contributed by atoms with Crippen LogP contribution in [0.2, 0.25) is 5.02 Å². The minimum atomic E-state index is -0.470. The molecule has 0 aliphatic carbocycles. The monoisotopic (exact) mass is 330 g/mol. The fourth-order valence-electron chi connectivity index (χ4n) is 2.51. The van der Waals surface area contributed by atoms with E-state index in [9.17, 15) is 9.18 Å². The molecule has 22 heavy (non-hydrogen) atoms. The summed E-state index contributed by atoms with van der Waals surface area (Å²) in [7, 11) is 1.87. The first-order chi connectivity index (χ1) is 10.5. The summed E-state index contributed by atoms with van der Waals surface area (Å²) in [5, 5.41) is 9.09. The molecule has 1 unspecified atom stereocenters. The molecular weight excluding hydrogens is 311 g/mol. The van der Waals surface area contributed by atoms with E-state index in [1.165, 1.54) is 12.1 Å². The summed E-state index contributed by atoms with van der Waals surface area (Å²) in [6.45, 7) is 2.53. The van der Waals surface area contributed by atoms with E-state index in [4.69, 9.17) is 21.4 Å². The summed E-state index contributed by atoms with van der Waals surface area (Å²) >= 11 is 5.98. The number of aliphatic hydroxyl groups excluding tert-OH is 1. The first-order valence-corrected chi connectivity index (χ1v) is 7.54. The van der Waals surface area contributed by atoms with Gasteiger partial charge in [0.1, 0.15) is 5.82 Å². The van der Waals surface area contributed by atoms with Crippen molar-refractivity contribution in [2.75, 3.05) is 46.5 Å². The predicted molar refractivity (Wildman–Crippen MR) is 81.6 cm³/mol. The summed E-state index contributed by atoms with van der Waals surface area (Å²) in [5.41, 5.74) is 0.291. The fraction of sp³-hybridized carbons (Fsp3) is 0.533. The maximum Gasteiger partial charge on any atom is 0.255 e. The lowest BCUT2D eigenvalue weighted by molar-refractivity contribution is -0.0109. The molecule has 0 saturated carbocycles. The minimum Gasteiger partial charge on any atom is -0.395 e. The molecule has 7 heteroatoms. The topological polar surface area (TPSA) is 53.0 Å². The zero-order chi connectivity index (χ0) is 16.1. The molecule has 5 nitrogen and oxygen atoms in total. The van der Waals surface area contributed by atoms with Crippen LogP contribution >= 0.6 is 11.6 Å². The number of morpholine rings is 1. The fourth-order valence-corrected chi connectivity index (χ4v) is 2.76. The van der Waals surface area contributed by atoms with Crippen LogP contribution < -0.4 is 0 Å². The highest BCUT2D eigenvalue weighted by molar-refractivity contribution is 6.33. The molecule has 1 N–H and O–H groups in total. The van der Waals surface area contributed by atoms with Gasteiger partial charge in [0.2, 0.25) is 0 Å². The van der Waals surface area contributed by atoms with Crippen LogP contribution in [0.25, 0.3) is 0 Å². The van der Waals surface area contributed by atoms with Crippen LogP contribution in [0.1, 0.15) is 10.4 Å². The number of halogens is 2. The van der Waals surface area contributed by atoms with Gasteiger partial charge in [0, 0.05) is 19.6 Å². The Hall–Kier alpha value is -1.21. The van der Waals surface area contributed by atoms with Crippen molar-refractivity contribution in [3.05, 3.63) is 34.6 Å². The second-order valence-corrected chi connectivity index (χ2v) is 5.74. The molecule has 1 aliphatic rings. The zero-order valence-electron chi connectivity index (χ0n) is 12.5. The number of hydrogen-bond acceptors (Lipinski definition) is 4. The summed E-state index contributed by atoms with van der Waals surface area (Å²) < 4.78 is 18.6. The Bertz CT molecular complexity index is 530. The highest BCUT2D eigenvalue weighted by atomic mass is 35.5. The lowest BCUT2D eigenvalue weighted by Gasteiger charge is -2.37. The van der Waals surface area contributed by atoms with Crippen LogP contribution in [0, 0.1) is 5.82 Å². The molecule has 1 aromatic rings. The third kappa shape index (κ3) is 4.16. The Morgan fingerprint density at radius 3 is 3.05 bits per heavy atom. The minimum absolute atomic E-state index is 0.0574. The lowest BCUT2D eigenvalue weighted by atomic mass is 10.1. The molecular formula is C15H20ClFN2O3. The summed E-state index contributed by atoms with van der Waals surface area (Å²) in [5.74, 6) is -0.696. The van der Waals surface area contributed by atoms with Crippen molar-refractivity contribution in [1.29, 1.82) is 0 Å². The summed E-state index contributed by atoms with van der Waals surface area (Å²) in [6, 6.07) is 3.65. The molecule has 1 aromatic carbocycles. The number of likely N-dealkylation sites (N-methyl/N-ethyl adjacent to an activating group) is 1. The zero-order valence-corrected chi connectivity index (χ0v) is 13.2. The second-order valence-electron chi connectivity index (χ2n) is 5.34. The van der Waals surface area contributed by atoms with E-state index in [-0.39, 0.29) is 23.6 Å². The predicted octanol–water partition coefficient (Wildman–Crippen LogP) is 1.24. The summed E-state index contributed by atoms with van der Waals surface area (Å²) in [4.78, 5) is 16.3. The van der Waals surface area contributed by atoms with Gasteiger partial charge < -0.3 is 19.6 Å². The number of amides is 1. The molecule has 1 atom stereocenters. The smallest absolute Gasteiger partial charge is 0.255 e. The Balaban J connectivity index is 2.14. The number of rotatable bonds is 5.